The number of rotatable bonds is 17. The molecular weight excluding hydrogens is 532 g/mol. The van der Waals surface area contributed by atoms with Gasteiger partial charge in [0.2, 0.25) is 0 Å². The number of Topliss-reactive ketones (excluding diaryl/α,β-unsaturated/α-hetero) is 1. The van der Waals surface area contributed by atoms with E-state index < -0.39 is 46.6 Å². The Labute approximate surface area is 243 Å². The summed E-state index contributed by atoms with van der Waals surface area (Å²) >= 11 is 0. The van der Waals surface area contributed by atoms with Crippen LogP contribution in [0.15, 0.2) is 20.5 Å². The Balaban J connectivity index is 1.88. The van der Waals surface area contributed by atoms with Crippen molar-refractivity contribution in [3.8, 4) is 0 Å². The number of esters is 1. The third kappa shape index (κ3) is 14.9. The molecule has 0 aliphatic carbocycles. The number of alkyl carbamates (subject to hydrolysis) is 1. The normalized spacial score (nSPS) is 16.9. The zero-order valence-corrected chi connectivity index (χ0v) is 25.9. The van der Waals surface area contributed by atoms with Gasteiger partial charge in [0.15, 0.2) is 11.3 Å². The lowest BCUT2D eigenvalue weighted by atomic mass is 9.95. The molecule has 0 bridgehead atoms. The standard InChI is InChI=1S/C28H48N6O7/c1-25(2,3)40-23(37)29-15-10-9-11-20(22(36)39-18-14-28(8)32-33-28)19-21(35)12-16-34(17-13-27(7)30-31-27)24(38)41-26(4,5)6/h20H,9-19H2,1-8H3,(H,29,37)/t20-/m1/s1. The second kappa shape index (κ2) is 14.2. The molecule has 0 aromatic carbocycles. The second-order valence-electron chi connectivity index (χ2n) is 13.1. The third-order valence-corrected chi connectivity index (χ3v) is 6.33. The van der Waals surface area contributed by atoms with E-state index in [1.807, 2.05) is 13.8 Å². The minimum Gasteiger partial charge on any atom is -0.465 e. The van der Waals surface area contributed by atoms with Crippen molar-refractivity contribution in [1.82, 2.24) is 10.2 Å². The summed E-state index contributed by atoms with van der Waals surface area (Å²) in [6, 6.07) is 0. The van der Waals surface area contributed by atoms with Crippen molar-refractivity contribution in [1.29, 1.82) is 0 Å². The van der Waals surface area contributed by atoms with E-state index in [1.165, 1.54) is 4.90 Å². The Hall–Kier alpha value is -3.12. The summed E-state index contributed by atoms with van der Waals surface area (Å²) in [5.74, 6) is -1.24. The zero-order chi connectivity index (χ0) is 30.9. The fourth-order valence-electron chi connectivity index (χ4n) is 3.76. The Morgan fingerprint density at radius 1 is 0.829 bits per heavy atom. The predicted octanol–water partition coefficient (Wildman–Crippen LogP) is 5.57. The van der Waals surface area contributed by atoms with Gasteiger partial charge in [-0.25, -0.2) is 9.59 Å². The molecule has 1 atom stereocenters. The highest BCUT2D eigenvalue weighted by Crippen LogP contribution is 2.32. The van der Waals surface area contributed by atoms with Crippen LogP contribution >= 0.6 is 0 Å². The monoisotopic (exact) mass is 580 g/mol. The fraction of sp³-hybridized carbons (Fsp3) is 0.857. The first-order valence-corrected chi connectivity index (χ1v) is 14.4. The molecule has 0 saturated heterocycles. The van der Waals surface area contributed by atoms with Crippen LogP contribution in [0.5, 0.6) is 0 Å². The molecule has 0 fully saturated rings. The largest absolute Gasteiger partial charge is 0.465 e. The van der Waals surface area contributed by atoms with Gasteiger partial charge >= 0.3 is 18.2 Å². The van der Waals surface area contributed by atoms with E-state index in [1.54, 1.807) is 41.5 Å². The summed E-state index contributed by atoms with van der Waals surface area (Å²) in [5, 5.41) is 18.5. The molecule has 2 rings (SSSR count). The van der Waals surface area contributed by atoms with E-state index in [4.69, 9.17) is 14.2 Å². The van der Waals surface area contributed by atoms with Gasteiger partial charge in [-0.3, -0.25) is 9.59 Å². The van der Waals surface area contributed by atoms with Crippen LogP contribution in [0.2, 0.25) is 0 Å². The van der Waals surface area contributed by atoms with Gasteiger partial charge < -0.3 is 24.4 Å². The Kier molecular flexibility index (Phi) is 11.8. The first-order chi connectivity index (χ1) is 18.9. The Morgan fingerprint density at radius 2 is 1.41 bits per heavy atom. The van der Waals surface area contributed by atoms with Gasteiger partial charge in [-0.05, 0) is 68.2 Å². The van der Waals surface area contributed by atoms with Crippen molar-refractivity contribution in [2.24, 2.45) is 26.4 Å². The van der Waals surface area contributed by atoms with E-state index in [-0.39, 0.29) is 31.8 Å². The summed E-state index contributed by atoms with van der Waals surface area (Å²) in [7, 11) is 0. The van der Waals surface area contributed by atoms with Crippen molar-refractivity contribution >= 4 is 23.9 Å². The molecule has 0 unspecified atom stereocenters. The van der Waals surface area contributed by atoms with Gasteiger partial charge in [0.25, 0.3) is 0 Å². The molecule has 2 aliphatic rings. The third-order valence-electron chi connectivity index (χ3n) is 6.33. The summed E-state index contributed by atoms with van der Waals surface area (Å²) in [6.07, 6.45) is 1.71. The molecule has 0 aromatic heterocycles. The van der Waals surface area contributed by atoms with Crippen LogP contribution in [0.25, 0.3) is 0 Å². The molecule has 41 heavy (non-hydrogen) atoms. The number of hydrogen-bond donors (Lipinski definition) is 1. The van der Waals surface area contributed by atoms with Crippen LogP contribution in [0.3, 0.4) is 0 Å². The maximum atomic E-state index is 13.0. The molecule has 0 saturated carbocycles. The molecule has 232 valence electrons. The van der Waals surface area contributed by atoms with Gasteiger partial charge in [-0.2, -0.15) is 20.5 Å². The molecule has 0 spiro atoms. The highest BCUT2D eigenvalue weighted by atomic mass is 16.6. The van der Waals surface area contributed by atoms with Crippen molar-refractivity contribution in [3.05, 3.63) is 0 Å². The Bertz CT molecular complexity index is 987. The van der Waals surface area contributed by atoms with Crippen molar-refractivity contribution in [3.63, 3.8) is 0 Å². The van der Waals surface area contributed by atoms with Gasteiger partial charge in [-0.15, -0.1) is 0 Å². The number of hydrogen-bond acceptors (Lipinski definition) is 11. The van der Waals surface area contributed by atoms with Crippen LogP contribution in [0.4, 0.5) is 9.59 Å². The Morgan fingerprint density at radius 3 is 1.98 bits per heavy atom. The lowest BCUT2D eigenvalue weighted by molar-refractivity contribution is -0.150. The van der Waals surface area contributed by atoms with Gasteiger partial charge in [0.05, 0.1) is 12.5 Å². The van der Waals surface area contributed by atoms with Crippen molar-refractivity contribution in [2.45, 2.75) is 123 Å². The van der Waals surface area contributed by atoms with E-state index in [0.717, 1.165) is 0 Å². The summed E-state index contributed by atoms with van der Waals surface area (Å²) < 4.78 is 16.2. The van der Waals surface area contributed by atoms with Crippen LogP contribution in [0.1, 0.15) is 100 Å². The van der Waals surface area contributed by atoms with Crippen LogP contribution in [0, 0.1) is 5.92 Å². The molecule has 2 aliphatic heterocycles. The number of nitrogens with zero attached hydrogens (tertiary/aromatic N) is 5. The summed E-state index contributed by atoms with van der Waals surface area (Å²) in [6.45, 7) is 15.5. The molecule has 0 aromatic rings. The maximum absolute atomic E-state index is 13.0. The van der Waals surface area contributed by atoms with Crippen LogP contribution < -0.4 is 5.32 Å². The number of nitrogens with one attached hydrogen (secondary N) is 1. The highest BCUT2D eigenvalue weighted by Gasteiger charge is 2.36. The number of unbranched alkanes of at least 4 members (excludes halogenated alkanes) is 1. The zero-order valence-electron chi connectivity index (χ0n) is 25.9. The molecule has 13 heteroatoms. The van der Waals surface area contributed by atoms with Gasteiger partial charge in [0.1, 0.15) is 17.0 Å². The van der Waals surface area contributed by atoms with Crippen molar-refractivity contribution < 1.29 is 33.4 Å². The number of amides is 2. The first-order valence-electron chi connectivity index (χ1n) is 14.4. The molecule has 0 radical (unpaired) electrons. The average molecular weight is 581 g/mol. The van der Waals surface area contributed by atoms with E-state index >= 15 is 0 Å². The first kappa shape index (κ1) is 34.1. The minimum absolute atomic E-state index is 0.00507. The van der Waals surface area contributed by atoms with Crippen molar-refractivity contribution in [2.75, 3.05) is 26.2 Å². The smallest absolute Gasteiger partial charge is 0.410 e. The summed E-state index contributed by atoms with van der Waals surface area (Å²) in [4.78, 5) is 52.0. The maximum Gasteiger partial charge on any atom is 0.410 e. The quantitative estimate of drug-likeness (QED) is 0.134. The van der Waals surface area contributed by atoms with E-state index in [9.17, 15) is 19.2 Å². The second-order valence-corrected chi connectivity index (χ2v) is 13.1. The van der Waals surface area contributed by atoms with Gasteiger partial charge in [0, 0.05) is 45.3 Å². The predicted molar refractivity (Wildman–Crippen MR) is 150 cm³/mol. The van der Waals surface area contributed by atoms with Crippen LogP contribution in [-0.4, -0.2) is 77.6 Å². The number of ether oxygens (including phenoxy) is 3. The topological polar surface area (TPSA) is 161 Å². The van der Waals surface area contributed by atoms with E-state index in [2.05, 4.69) is 25.8 Å². The average Bonchev–Trinajstić information content (AvgIpc) is 3.74. The lowest BCUT2D eigenvalue weighted by Gasteiger charge is -2.27. The summed E-state index contributed by atoms with van der Waals surface area (Å²) in [5.41, 5.74) is -2.24. The lowest BCUT2D eigenvalue weighted by Crippen LogP contribution is -2.39. The fourth-order valence-corrected chi connectivity index (χ4v) is 3.76. The van der Waals surface area contributed by atoms with Crippen LogP contribution in [-0.2, 0) is 23.8 Å². The van der Waals surface area contributed by atoms with E-state index in [0.29, 0.717) is 45.2 Å². The molecule has 1 N–H and O–H groups in total. The minimum atomic E-state index is -0.678. The SMILES string of the molecule is CC1(CCOC(=O)[C@H](CCCCNC(=O)OC(C)(C)C)CC(=O)CCN(CCC2(C)N=N2)C(=O)OC(C)(C)C)N=N1. The highest BCUT2D eigenvalue weighted by molar-refractivity contribution is 5.85. The number of ketones is 1. The number of carbonyl (C=O) groups is 4. The molecule has 13 nitrogen and oxygen atoms in total. The molecular formula is C28H48N6O7. The number of carbonyl (C=O) groups excluding carboxylic acids is 4. The molecule has 2 heterocycles. The van der Waals surface area contributed by atoms with Gasteiger partial charge in [-0.1, -0.05) is 6.42 Å². The molecule has 2 amide bonds.